The van der Waals surface area contributed by atoms with Gasteiger partial charge in [-0.2, -0.15) is 0 Å². The van der Waals surface area contributed by atoms with Crippen molar-refractivity contribution in [1.82, 2.24) is 0 Å². The average Bonchev–Trinajstić information content (AvgIpc) is 2.75. The van der Waals surface area contributed by atoms with Crippen LogP contribution < -0.4 is 5.73 Å². The molecule has 1 unspecified atom stereocenters. The minimum absolute atomic E-state index is 0.0215. The Hall–Kier alpha value is -0.190. The molecular formula is C12H11Cl2NS2. The Morgan fingerprint density at radius 3 is 2.41 bits per heavy atom. The summed E-state index contributed by atoms with van der Waals surface area (Å²) in [6.07, 6.45) is 0. The number of hydrogen-bond acceptors (Lipinski definition) is 3. The Morgan fingerprint density at radius 1 is 1.12 bits per heavy atom. The summed E-state index contributed by atoms with van der Waals surface area (Å²) in [6.45, 7) is 0. The summed E-state index contributed by atoms with van der Waals surface area (Å²) in [4.78, 5) is 2.30. The van der Waals surface area contributed by atoms with Crippen molar-refractivity contribution >= 4 is 46.3 Å². The van der Waals surface area contributed by atoms with Gasteiger partial charge in [0, 0.05) is 26.6 Å². The molecule has 0 spiro atoms. The zero-order valence-corrected chi connectivity index (χ0v) is 12.0. The minimum Gasteiger partial charge on any atom is -0.323 e. The third-order valence-corrected chi connectivity index (χ3v) is 4.95. The minimum atomic E-state index is 0.0215. The lowest BCUT2D eigenvalue weighted by Crippen LogP contribution is -2.11. The number of rotatable bonds is 4. The van der Waals surface area contributed by atoms with Crippen molar-refractivity contribution in [3.05, 3.63) is 50.6 Å². The van der Waals surface area contributed by atoms with E-state index < -0.39 is 0 Å². The highest BCUT2D eigenvalue weighted by Gasteiger charge is 2.09. The Labute approximate surface area is 119 Å². The summed E-state index contributed by atoms with van der Waals surface area (Å²) in [5, 5.41) is 0.753. The molecule has 0 fully saturated rings. The van der Waals surface area contributed by atoms with Crippen LogP contribution in [0.4, 0.5) is 0 Å². The van der Waals surface area contributed by atoms with Gasteiger partial charge in [-0.15, -0.1) is 23.1 Å². The zero-order chi connectivity index (χ0) is 12.3. The van der Waals surface area contributed by atoms with Crippen molar-refractivity contribution in [1.29, 1.82) is 0 Å². The molecule has 0 aliphatic rings. The quantitative estimate of drug-likeness (QED) is 0.817. The molecule has 5 heteroatoms. The maximum atomic E-state index is 6.09. The predicted octanol–water partition coefficient (Wildman–Crippen LogP) is 4.85. The summed E-state index contributed by atoms with van der Waals surface area (Å²) in [7, 11) is 0. The predicted molar refractivity (Wildman–Crippen MR) is 78.4 cm³/mol. The molecule has 0 amide bonds. The molecule has 1 nitrogen and oxygen atoms in total. The van der Waals surface area contributed by atoms with Crippen LogP contribution in [0.25, 0.3) is 0 Å². The average molecular weight is 304 g/mol. The Morgan fingerprint density at radius 2 is 1.82 bits per heavy atom. The highest BCUT2D eigenvalue weighted by atomic mass is 35.5. The van der Waals surface area contributed by atoms with Gasteiger partial charge in [-0.1, -0.05) is 23.2 Å². The van der Waals surface area contributed by atoms with E-state index in [4.69, 9.17) is 28.9 Å². The molecule has 1 atom stereocenters. The zero-order valence-electron chi connectivity index (χ0n) is 8.90. The first-order chi connectivity index (χ1) is 8.15. The molecule has 2 N–H and O–H groups in total. The maximum absolute atomic E-state index is 6.09. The molecule has 2 aromatic rings. The van der Waals surface area contributed by atoms with E-state index in [9.17, 15) is 0 Å². The fourth-order valence-electron chi connectivity index (χ4n) is 1.33. The van der Waals surface area contributed by atoms with Crippen molar-refractivity contribution < 1.29 is 0 Å². The van der Waals surface area contributed by atoms with Crippen molar-refractivity contribution in [2.24, 2.45) is 5.73 Å². The topological polar surface area (TPSA) is 26.0 Å². The molecule has 0 bridgehead atoms. The number of thioether (sulfide) groups is 1. The molecular weight excluding hydrogens is 293 g/mol. The summed E-state index contributed by atoms with van der Waals surface area (Å²) in [5.74, 6) is 0.832. The first-order valence-corrected chi connectivity index (χ1v) is 7.60. The van der Waals surface area contributed by atoms with E-state index in [1.807, 2.05) is 36.4 Å². The third-order valence-electron chi connectivity index (χ3n) is 2.20. The van der Waals surface area contributed by atoms with E-state index in [1.54, 1.807) is 11.8 Å². The molecule has 1 aromatic carbocycles. The van der Waals surface area contributed by atoms with Gasteiger partial charge in [-0.3, -0.25) is 0 Å². The van der Waals surface area contributed by atoms with E-state index >= 15 is 0 Å². The van der Waals surface area contributed by atoms with Crippen LogP contribution in [0.3, 0.4) is 0 Å². The van der Waals surface area contributed by atoms with Crippen LogP contribution in [0.15, 0.2) is 41.3 Å². The lowest BCUT2D eigenvalue weighted by Gasteiger charge is -2.08. The van der Waals surface area contributed by atoms with Crippen LogP contribution in [-0.2, 0) is 0 Å². The van der Waals surface area contributed by atoms with Crippen LogP contribution in [-0.4, -0.2) is 5.75 Å². The lowest BCUT2D eigenvalue weighted by atomic mass is 10.3. The van der Waals surface area contributed by atoms with E-state index in [2.05, 4.69) is 0 Å². The number of thiophene rings is 1. The van der Waals surface area contributed by atoms with Crippen LogP contribution in [0.5, 0.6) is 0 Å². The monoisotopic (exact) mass is 303 g/mol. The van der Waals surface area contributed by atoms with E-state index in [1.165, 1.54) is 16.2 Å². The summed E-state index contributed by atoms with van der Waals surface area (Å²) in [5.41, 5.74) is 6.09. The first kappa shape index (κ1) is 13.2. The molecule has 1 heterocycles. The second-order valence-corrected chi connectivity index (χ2v) is 6.79. The van der Waals surface area contributed by atoms with Gasteiger partial charge in [-0.05, 0) is 36.4 Å². The summed E-state index contributed by atoms with van der Waals surface area (Å²) in [6, 6.07) is 11.7. The van der Waals surface area contributed by atoms with E-state index in [0.717, 1.165) is 20.0 Å². The first-order valence-electron chi connectivity index (χ1n) is 5.04. The number of halogens is 2. The second-order valence-electron chi connectivity index (χ2n) is 3.51. The summed E-state index contributed by atoms with van der Waals surface area (Å²) < 4.78 is 0.784. The maximum Gasteiger partial charge on any atom is 0.0931 e. The molecule has 0 aliphatic carbocycles. The van der Waals surface area contributed by atoms with Gasteiger partial charge in [0.1, 0.15) is 0 Å². The number of nitrogens with two attached hydrogens (primary N) is 1. The molecule has 1 aromatic heterocycles. The van der Waals surface area contributed by atoms with Crippen LogP contribution >= 0.6 is 46.3 Å². The fourth-order valence-corrected chi connectivity index (χ4v) is 3.50. The normalized spacial score (nSPS) is 12.6. The van der Waals surface area contributed by atoms with Gasteiger partial charge in [0.2, 0.25) is 0 Å². The number of hydrogen-bond donors (Lipinski definition) is 1. The fraction of sp³-hybridized carbons (Fsp3) is 0.167. The lowest BCUT2D eigenvalue weighted by molar-refractivity contribution is 0.852. The molecule has 90 valence electrons. The summed E-state index contributed by atoms with van der Waals surface area (Å²) >= 11 is 15.0. The van der Waals surface area contributed by atoms with Gasteiger partial charge in [0.05, 0.1) is 4.34 Å². The van der Waals surface area contributed by atoms with E-state index in [0.29, 0.717) is 0 Å². The van der Waals surface area contributed by atoms with Gasteiger partial charge in [0.25, 0.3) is 0 Å². The van der Waals surface area contributed by atoms with Gasteiger partial charge in [-0.25, -0.2) is 0 Å². The van der Waals surface area contributed by atoms with Gasteiger partial charge < -0.3 is 5.73 Å². The number of benzene rings is 1. The largest absolute Gasteiger partial charge is 0.323 e. The van der Waals surface area contributed by atoms with E-state index in [-0.39, 0.29) is 6.04 Å². The molecule has 0 aliphatic heterocycles. The highest BCUT2D eigenvalue weighted by Crippen LogP contribution is 2.30. The van der Waals surface area contributed by atoms with Crippen molar-refractivity contribution in [2.45, 2.75) is 10.9 Å². The molecule has 0 radical (unpaired) electrons. The van der Waals surface area contributed by atoms with Crippen LogP contribution in [0, 0.1) is 0 Å². The van der Waals surface area contributed by atoms with Crippen LogP contribution in [0.2, 0.25) is 9.36 Å². The molecule has 0 saturated heterocycles. The Bertz CT molecular complexity index is 482. The standard InChI is InChI=1S/C12H11Cl2NS2/c13-8-1-3-9(4-2-8)16-7-10(15)11-5-6-12(14)17-11/h1-6,10H,7,15H2. The van der Waals surface area contributed by atoms with Gasteiger partial charge in [0.15, 0.2) is 0 Å². The van der Waals surface area contributed by atoms with Crippen molar-refractivity contribution in [3.63, 3.8) is 0 Å². The SMILES string of the molecule is NC(CSc1ccc(Cl)cc1)c1ccc(Cl)s1. The van der Waals surface area contributed by atoms with Gasteiger partial charge >= 0.3 is 0 Å². The van der Waals surface area contributed by atoms with Crippen molar-refractivity contribution in [2.75, 3.05) is 5.75 Å². The molecule has 0 saturated carbocycles. The Kier molecular flexibility index (Phi) is 4.77. The Balaban J connectivity index is 1.92. The second kappa shape index (κ2) is 6.12. The van der Waals surface area contributed by atoms with Crippen molar-refractivity contribution in [3.8, 4) is 0 Å². The molecule has 17 heavy (non-hydrogen) atoms. The molecule has 2 rings (SSSR count). The third kappa shape index (κ3) is 3.90. The van der Waals surface area contributed by atoms with Crippen LogP contribution in [0.1, 0.15) is 10.9 Å². The smallest absolute Gasteiger partial charge is 0.0931 e. The highest BCUT2D eigenvalue weighted by molar-refractivity contribution is 7.99.